The van der Waals surface area contributed by atoms with Crippen molar-refractivity contribution in [2.24, 2.45) is 5.73 Å². The fourth-order valence-corrected chi connectivity index (χ4v) is 1.90. The molecule has 0 spiro atoms. The van der Waals surface area contributed by atoms with Gasteiger partial charge in [-0.15, -0.1) is 0 Å². The number of halogens is 1. The minimum absolute atomic E-state index is 0.186. The topological polar surface area (TPSA) is 64.9 Å². The van der Waals surface area contributed by atoms with E-state index >= 15 is 0 Å². The summed E-state index contributed by atoms with van der Waals surface area (Å²) >= 11 is 0. The SMILES string of the molecule is CC(CCCN)c1nc(Cc2ccccc2F)no1. The smallest absolute Gasteiger partial charge is 0.229 e. The van der Waals surface area contributed by atoms with Gasteiger partial charge < -0.3 is 10.3 Å². The molecular weight excluding hydrogens is 245 g/mol. The maximum absolute atomic E-state index is 13.5. The largest absolute Gasteiger partial charge is 0.339 e. The summed E-state index contributed by atoms with van der Waals surface area (Å²) in [5.41, 5.74) is 6.04. The third kappa shape index (κ3) is 3.61. The van der Waals surface area contributed by atoms with Gasteiger partial charge in [0.15, 0.2) is 5.82 Å². The van der Waals surface area contributed by atoms with Crippen molar-refractivity contribution in [3.8, 4) is 0 Å². The van der Waals surface area contributed by atoms with Crippen molar-refractivity contribution in [1.82, 2.24) is 10.1 Å². The van der Waals surface area contributed by atoms with Crippen LogP contribution in [0.4, 0.5) is 4.39 Å². The number of nitrogens with two attached hydrogens (primary N) is 1. The maximum Gasteiger partial charge on any atom is 0.229 e. The predicted molar refractivity (Wildman–Crippen MR) is 70.2 cm³/mol. The first-order valence-electron chi connectivity index (χ1n) is 6.46. The lowest BCUT2D eigenvalue weighted by Crippen LogP contribution is -2.02. The Morgan fingerprint density at radius 2 is 2.16 bits per heavy atom. The van der Waals surface area contributed by atoms with Crippen LogP contribution in [0.15, 0.2) is 28.8 Å². The lowest BCUT2D eigenvalue weighted by atomic mass is 10.1. The van der Waals surface area contributed by atoms with Gasteiger partial charge in [-0.1, -0.05) is 30.3 Å². The zero-order valence-electron chi connectivity index (χ0n) is 11.0. The van der Waals surface area contributed by atoms with Gasteiger partial charge in [-0.25, -0.2) is 4.39 Å². The molecule has 4 nitrogen and oxygen atoms in total. The summed E-state index contributed by atoms with van der Waals surface area (Å²) in [7, 11) is 0. The number of aromatic nitrogens is 2. The molecule has 0 radical (unpaired) electrons. The summed E-state index contributed by atoms with van der Waals surface area (Å²) in [5, 5.41) is 3.90. The van der Waals surface area contributed by atoms with E-state index in [2.05, 4.69) is 10.1 Å². The van der Waals surface area contributed by atoms with Gasteiger partial charge in [-0.05, 0) is 31.0 Å². The van der Waals surface area contributed by atoms with Crippen LogP contribution in [0.3, 0.4) is 0 Å². The van der Waals surface area contributed by atoms with Crippen LogP contribution >= 0.6 is 0 Å². The lowest BCUT2D eigenvalue weighted by Gasteiger charge is -2.03. The molecule has 2 N–H and O–H groups in total. The van der Waals surface area contributed by atoms with Gasteiger partial charge in [0.2, 0.25) is 5.89 Å². The third-order valence-electron chi connectivity index (χ3n) is 3.05. The van der Waals surface area contributed by atoms with E-state index in [1.54, 1.807) is 18.2 Å². The molecule has 1 heterocycles. The Kier molecular flexibility index (Phi) is 4.63. The van der Waals surface area contributed by atoms with E-state index in [4.69, 9.17) is 10.3 Å². The van der Waals surface area contributed by atoms with Crippen LogP contribution in [0, 0.1) is 5.82 Å². The summed E-state index contributed by atoms with van der Waals surface area (Å²) in [4.78, 5) is 4.31. The average molecular weight is 263 g/mol. The quantitative estimate of drug-likeness (QED) is 0.870. The first kappa shape index (κ1) is 13.7. The molecule has 0 aliphatic heterocycles. The van der Waals surface area contributed by atoms with Crippen molar-refractivity contribution in [2.45, 2.75) is 32.1 Å². The van der Waals surface area contributed by atoms with Crippen molar-refractivity contribution in [2.75, 3.05) is 6.54 Å². The van der Waals surface area contributed by atoms with E-state index in [-0.39, 0.29) is 11.7 Å². The molecule has 0 aliphatic carbocycles. The van der Waals surface area contributed by atoms with Crippen LogP contribution < -0.4 is 5.73 Å². The minimum Gasteiger partial charge on any atom is -0.339 e. The maximum atomic E-state index is 13.5. The second kappa shape index (κ2) is 6.43. The molecule has 19 heavy (non-hydrogen) atoms. The number of hydrogen-bond acceptors (Lipinski definition) is 4. The second-order valence-corrected chi connectivity index (χ2v) is 4.65. The Hall–Kier alpha value is -1.75. The molecule has 5 heteroatoms. The van der Waals surface area contributed by atoms with Gasteiger partial charge in [0.1, 0.15) is 5.82 Å². The first-order valence-corrected chi connectivity index (χ1v) is 6.46. The fourth-order valence-electron chi connectivity index (χ4n) is 1.90. The highest BCUT2D eigenvalue weighted by molar-refractivity contribution is 5.20. The second-order valence-electron chi connectivity index (χ2n) is 4.65. The molecule has 0 aliphatic rings. The highest BCUT2D eigenvalue weighted by Gasteiger charge is 2.14. The Bertz CT molecular complexity index is 527. The van der Waals surface area contributed by atoms with Crippen LogP contribution in [0.25, 0.3) is 0 Å². The first-order chi connectivity index (χ1) is 9.20. The third-order valence-corrected chi connectivity index (χ3v) is 3.05. The number of nitrogens with zero attached hydrogens (tertiary/aromatic N) is 2. The monoisotopic (exact) mass is 263 g/mol. The Morgan fingerprint density at radius 3 is 2.89 bits per heavy atom. The van der Waals surface area contributed by atoms with Crippen LogP contribution in [-0.2, 0) is 6.42 Å². The van der Waals surface area contributed by atoms with Gasteiger partial charge >= 0.3 is 0 Å². The van der Waals surface area contributed by atoms with Crippen LogP contribution in [0.2, 0.25) is 0 Å². The van der Waals surface area contributed by atoms with E-state index < -0.39 is 0 Å². The predicted octanol–water partition coefficient (Wildman–Crippen LogP) is 2.64. The van der Waals surface area contributed by atoms with E-state index in [1.165, 1.54) is 6.07 Å². The van der Waals surface area contributed by atoms with Crippen molar-refractivity contribution in [3.63, 3.8) is 0 Å². The summed E-state index contributed by atoms with van der Waals surface area (Å²) in [6.07, 6.45) is 2.18. The van der Waals surface area contributed by atoms with Crippen LogP contribution in [0.1, 0.15) is 43.0 Å². The summed E-state index contributed by atoms with van der Waals surface area (Å²) < 4.78 is 18.7. The summed E-state index contributed by atoms with van der Waals surface area (Å²) in [6, 6.07) is 6.61. The van der Waals surface area contributed by atoms with E-state index in [1.807, 2.05) is 6.92 Å². The highest BCUT2D eigenvalue weighted by atomic mass is 19.1. The van der Waals surface area contributed by atoms with Crippen molar-refractivity contribution >= 4 is 0 Å². The van der Waals surface area contributed by atoms with Gasteiger partial charge in [0.05, 0.1) is 0 Å². The molecule has 0 fully saturated rings. The Balaban J connectivity index is 2.03. The normalized spacial score (nSPS) is 12.6. The van der Waals surface area contributed by atoms with Crippen LogP contribution in [0.5, 0.6) is 0 Å². The van der Waals surface area contributed by atoms with Crippen LogP contribution in [-0.4, -0.2) is 16.7 Å². The average Bonchev–Trinajstić information content (AvgIpc) is 2.87. The van der Waals surface area contributed by atoms with Gasteiger partial charge in [-0.3, -0.25) is 0 Å². The summed E-state index contributed by atoms with van der Waals surface area (Å²) in [6.45, 7) is 2.68. The molecule has 2 rings (SSSR count). The summed E-state index contributed by atoms with van der Waals surface area (Å²) in [5.74, 6) is 1.05. The molecule has 1 atom stereocenters. The lowest BCUT2D eigenvalue weighted by molar-refractivity contribution is 0.348. The molecule has 0 amide bonds. The minimum atomic E-state index is -0.245. The molecule has 0 bridgehead atoms. The molecule has 1 aromatic carbocycles. The Morgan fingerprint density at radius 1 is 1.37 bits per heavy atom. The van der Waals surface area contributed by atoms with Gasteiger partial charge in [0, 0.05) is 12.3 Å². The standard InChI is InChI=1S/C14H18FN3O/c1-10(5-4-8-16)14-17-13(18-19-14)9-11-6-2-3-7-12(11)15/h2-3,6-7,10H,4-5,8-9,16H2,1H3. The number of rotatable bonds is 6. The van der Waals surface area contributed by atoms with Gasteiger partial charge in [-0.2, -0.15) is 4.98 Å². The van der Waals surface area contributed by atoms with E-state index in [9.17, 15) is 4.39 Å². The molecule has 2 aromatic rings. The van der Waals surface area contributed by atoms with Gasteiger partial charge in [0.25, 0.3) is 0 Å². The molecular formula is C14H18FN3O. The van der Waals surface area contributed by atoms with E-state index in [0.717, 1.165) is 12.8 Å². The highest BCUT2D eigenvalue weighted by Crippen LogP contribution is 2.19. The number of benzene rings is 1. The molecule has 1 unspecified atom stereocenters. The zero-order chi connectivity index (χ0) is 13.7. The fraction of sp³-hybridized carbons (Fsp3) is 0.429. The number of hydrogen-bond donors (Lipinski definition) is 1. The molecule has 1 aromatic heterocycles. The van der Waals surface area contributed by atoms with Crippen molar-refractivity contribution in [3.05, 3.63) is 47.4 Å². The molecule has 102 valence electrons. The molecule has 0 saturated carbocycles. The molecule has 0 saturated heterocycles. The van der Waals surface area contributed by atoms with E-state index in [0.29, 0.717) is 30.2 Å². The zero-order valence-corrected chi connectivity index (χ0v) is 11.0. The Labute approximate surface area is 111 Å². The van der Waals surface area contributed by atoms with Crippen molar-refractivity contribution < 1.29 is 8.91 Å². The van der Waals surface area contributed by atoms with Crippen molar-refractivity contribution in [1.29, 1.82) is 0 Å².